The van der Waals surface area contributed by atoms with Crippen molar-refractivity contribution in [1.82, 2.24) is 9.78 Å². The molecule has 1 atom stereocenters. The van der Waals surface area contributed by atoms with Crippen LogP contribution in [0.5, 0.6) is 0 Å². The topological polar surface area (TPSA) is 43.8 Å². The highest BCUT2D eigenvalue weighted by atomic mass is 32.2. The number of nitrogens with zero attached hydrogens (tertiary/aromatic N) is 2. The number of aryl methyl sites for hydroxylation is 1. The van der Waals surface area contributed by atoms with Gasteiger partial charge in [0.1, 0.15) is 0 Å². The Morgan fingerprint density at radius 1 is 1.44 bits per heavy atom. The third-order valence-electron chi connectivity index (χ3n) is 3.86. The van der Waals surface area contributed by atoms with Gasteiger partial charge in [0.2, 0.25) is 0 Å². The van der Waals surface area contributed by atoms with E-state index in [0.29, 0.717) is 6.04 Å². The van der Waals surface area contributed by atoms with Gasteiger partial charge in [0.05, 0.1) is 11.7 Å². The minimum atomic E-state index is -0.0435. The lowest BCUT2D eigenvalue weighted by atomic mass is 10.0. The van der Waals surface area contributed by atoms with Crippen molar-refractivity contribution in [3.05, 3.63) is 17.0 Å². The molecule has 0 spiro atoms. The first-order valence-corrected chi connectivity index (χ1v) is 7.20. The van der Waals surface area contributed by atoms with Crippen LogP contribution < -0.4 is 5.73 Å². The lowest BCUT2D eigenvalue weighted by Gasteiger charge is -2.13. The highest BCUT2D eigenvalue weighted by molar-refractivity contribution is 7.99. The number of thioether (sulfide) groups is 1. The zero-order valence-electron chi connectivity index (χ0n) is 9.99. The van der Waals surface area contributed by atoms with Crippen molar-refractivity contribution in [1.29, 1.82) is 0 Å². The van der Waals surface area contributed by atoms with Crippen molar-refractivity contribution in [3.8, 4) is 0 Å². The maximum Gasteiger partial charge on any atom is 0.0647 e. The molecular formula is C12H19N3S. The Morgan fingerprint density at radius 3 is 2.75 bits per heavy atom. The molecule has 1 aliphatic heterocycles. The Morgan fingerprint density at radius 2 is 2.19 bits per heavy atom. The molecule has 1 saturated carbocycles. The van der Waals surface area contributed by atoms with Gasteiger partial charge in [0.25, 0.3) is 0 Å². The lowest BCUT2D eigenvalue weighted by Crippen LogP contribution is -2.21. The maximum atomic E-state index is 6.32. The molecule has 0 amide bonds. The molecule has 2 heterocycles. The molecule has 1 saturated heterocycles. The summed E-state index contributed by atoms with van der Waals surface area (Å²) in [5.41, 5.74) is 10.1. The number of hydrogen-bond acceptors (Lipinski definition) is 3. The molecule has 16 heavy (non-hydrogen) atoms. The first-order valence-electron chi connectivity index (χ1n) is 6.05. The fourth-order valence-corrected chi connectivity index (χ4v) is 4.02. The van der Waals surface area contributed by atoms with Crippen molar-refractivity contribution >= 4 is 11.8 Å². The monoisotopic (exact) mass is 237 g/mol. The molecule has 1 aromatic heterocycles. The minimum absolute atomic E-state index is 0.0435. The van der Waals surface area contributed by atoms with Crippen molar-refractivity contribution < 1.29 is 0 Å². The molecule has 4 heteroatoms. The summed E-state index contributed by atoms with van der Waals surface area (Å²) in [5, 5.41) is 4.72. The Hall–Kier alpha value is -0.480. The second-order valence-electron chi connectivity index (χ2n) is 5.16. The summed E-state index contributed by atoms with van der Waals surface area (Å²) in [6.45, 7) is 4.29. The van der Waals surface area contributed by atoms with Gasteiger partial charge < -0.3 is 5.73 Å². The largest absolute Gasteiger partial charge is 0.321 e. The first-order chi connectivity index (χ1) is 7.62. The van der Waals surface area contributed by atoms with E-state index in [0.717, 1.165) is 18.5 Å². The smallest absolute Gasteiger partial charge is 0.0647 e. The van der Waals surface area contributed by atoms with Gasteiger partial charge in [-0.3, -0.25) is 4.68 Å². The average Bonchev–Trinajstić information content (AvgIpc) is 2.68. The average molecular weight is 237 g/mol. The van der Waals surface area contributed by atoms with Gasteiger partial charge in [0.15, 0.2) is 0 Å². The predicted molar refractivity (Wildman–Crippen MR) is 67.8 cm³/mol. The van der Waals surface area contributed by atoms with E-state index in [9.17, 15) is 0 Å². The van der Waals surface area contributed by atoms with Gasteiger partial charge in [-0.15, -0.1) is 0 Å². The summed E-state index contributed by atoms with van der Waals surface area (Å²) in [5.74, 6) is 2.48. The van der Waals surface area contributed by atoms with E-state index in [1.807, 2.05) is 11.8 Å². The number of nitrogens with two attached hydrogens (primary N) is 1. The van der Waals surface area contributed by atoms with Gasteiger partial charge in [0, 0.05) is 22.5 Å². The van der Waals surface area contributed by atoms with Crippen LogP contribution in [-0.2, 0) is 5.54 Å². The summed E-state index contributed by atoms with van der Waals surface area (Å²) in [4.78, 5) is 0. The molecule has 2 N–H and O–H groups in total. The molecule has 0 radical (unpaired) electrons. The third kappa shape index (κ3) is 1.51. The van der Waals surface area contributed by atoms with Crippen LogP contribution in [0, 0.1) is 13.8 Å². The van der Waals surface area contributed by atoms with E-state index in [-0.39, 0.29) is 5.54 Å². The van der Waals surface area contributed by atoms with Crippen molar-refractivity contribution in [2.24, 2.45) is 5.73 Å². The molecule has 3 rings (SSSR count). The van der Waals surface area contributed by atoms with Crippen LogP contribution in [0.25, 0.3) is 0 Å². The Kier molecular flexibility index (Phi) is 2.33. The van der Waals surface area contributed by atoms with E-state index in [4.69, 9.17) is 10.8 Å². The second kappa shape index (κ2) is 3.50. The molecular weight excluding hydrogens is 218 g/mol. The van der Waals surface area contributed by atoms with E-state index in [1.54, 1.807) is 0 Å². The van der Waals surface area contributed by atoms with Crippen LogP contribution in [0.1, 0.15) is 42.3 Å². The van der Waals surface area contributed by atoms with Crippen LogP contribution in [-0.4, -0.2) is 21.3 Å². The standard InChI is InChI=1S/C12H19N3S/c1-8-11(12(13)4-5-12)9(2)15(14-8)10-3-6-16-7-10/h10H,3-7,13H2,1-2H3. The van der Waals surface area contributed by atoms with Gasteiger partial charge in [-0.2, -0.15) is 16.9 Å². The fraction of sp³-hybridized carbons (Fsp3) is 0.750. The van der Waals surface area contributed by atoms with Crippen molar-refractivity contribution in [2.75, 3.05) is 11.5 Å². The molecule has 2 aliphatic rings. The Bertz CT molecular complexity index is 414. The second-order valence-corrected chi connectivity index (χ2v) is 6.31. The van der Waals surface area contributed by atoms with Crippen LogP contribution in [0.3, 0.4) is 0 Å². The highest BCUT2D eigenvalue weighted by Gasteiger charge is 2.44. The van der Waals surface area contributed by atoms with Gasteiger partial charge in [-0.05, 0) is 38.9 Å². The number of hydrogen-bond donors (Lipinski definition) is 1. The molecule has 1 aromatic rings. The summed E-state index contributed by atoms with van der Waals surface area (Å²) < 4.78 is 2.23. The molecule has 3 nitrogen and oxygen atoms in total. The normalized spacial score (nSPS) is 27.3. The fourth-order valence-electron chi connectivity index (χ4n) is 2.84. The van der Waals surface area contributed by atoms with E-state index >= 15 is 0 Å². The van der Waals surface area contributed by atoms with Gasteiger partial charge >= 0.3 is 0 Å². The van der Waals surface area contributed by atoms with Gasteiger partial charge in [-0.1, -0.05) is 0 Å². The third-order valence-corrected chi connectivity index (χ3v) is 5.01. The molecule has 2 fully saturated rings. The molecule has 0 bridgehead atoms. The van der Waals surface area contributed by atoms with Gasteiger partial charge in [-0.25, -0.2) is 0 Å². The van der Waals surface area contributed by atoms with Crippen LogP contribution in [0.4, 0.5) is 0 Å². The summed E-state index contributed by atoms with van der Waals surface area (Å²) >= 11 is 2.03. The molecule has 88 valence electrons. The van der Waals surface area contributed by atoms with E-state index in [2.05, 4.69) is 18.5 Å². The van der Waals surface area contributed by atoms with Crippen molar-refractivity contribution in [3.63, 3.8) is 0 Å². The van der Waals surface area contributed by atoms with E-state index < -0.39 is 0 Å². The zero-order valence-corrected chi connectivity index (χ0v) is 10.8. The molecule has 0 aromatic carbocycles. The number of rotatable bonds is 2. The summed E-state index contributed by atoms with van der Waals surface area (Å²) in [6.07, 6.45) is 3.50. The number of aromatic nitrogens is 2. The Labute approximate surface area is 101 Å². The summed E-state index contributed by atoms with van der Waals surface area (Å²) in [7, 11) is 0. The SMILES string of the molecule is Cc1nn(C2CCSC2)c(C)c1C1(N)CC1. The van der Waals surface area contributed by atoms with E-state index in [1.165, 1.54) is 29.2 Å². The summed E-state index contributed by atoms with van der Waals surface area (Å²) in [6, 6.07) is 0.597. The van der Waals surface area contributed by atoms with Crippen LogP contribution in [0.2, 0.25) is 0 Å². The molecule has 1 unspecified atom stereocenters. The van der Waals surface area contributed by atoms with Crippen LogP contribution >= 0.6 is 11.8 Å². The highest BCUT2D eigenvalue weighted by Crippen LogP contribution is 2.46. The first kappa shape index (κ1) is 10.7. The zero-order chi connectivity index (χ0) is 11.3. The minimum Gasteiger partial charge on any atom is -0.321 e. The van der Waals surface area contributed by atoms with Crippen LogP contribution in [0.15, 0.2) is 0 Å². The Balaban J connectivity index is 2.01. The molecule has 1 aliphatic carbocycles. The van der Waals surface area contributed by atoms with Crippen molar-refractivity contribution in [2.45, 2.75) is 44.7 Å². The maximum absolute atomic E-state index is 6.32. The lowest BCUT2D eigenvalue weighted by molar-refractivity contribution is 0.486. The predicted octanol–water partition coefficient (Wildman–Crippen LogP) is 2.13. The quantitative estimate of drug-likeness (QED) is 0.857.